The number of hydrogen-bond acceptors (Lipinski definition) is 4. The van der Waals surface area contributed by atoms with Crippen LogP contribution in [0.1, 0.15) is 49.4 Å². The first kappa shape index (κ1) is 18.8. The Morgan fingerprint density at radius 1 is 1.12 bits per heavy atom. The number of nitrogens with one attached hydrogen (secondary N) is 2. The fourth-order valence-corrected chi connectivity index (χ4v) is 2.29. The van der Waals surface area contributed by atoms with E-state index in [1.54, 1.807) is 20.8 Å². The van der Waals surface area contributed by atoms with E-state index in [1.165, 1.54) is 6.07 Å². The summed E-state index contributed by atoms with van der Waals surface area (Å²) in [4.78, 5) is 33.3. The van der Waals surface area contributed by atoms with Crippen LogP contribution in [0.25, 0.3) is 11.0 Å². The van der Waals surface area contributed by atoms with Crippen molar-refractivity contribution in [1.82, 2.24) is 20.6 Å². The number of halogens is 1. The predicted octanol–water partition coefficient (Wildman–Crippen LogP) is 2.42. The maximum atomic E-state index is 13.9. The second-order valence-electron chi connectivity index (χ2n) is 7.15. The predicted molar refractivity (Wildman–Crippen MR) is 93.8 cm³/mol. The fourth-order valence-electron chi connectivity index (χ4n) is 2.29. The molecule has 2 amide bonds. The second-order valence-corrected chi connectivity index (χ2v) is 7.15. The highest BCUT2D eigenvalue weighted by Crippen LogP contribution is 2.19. The van der Waals surface area contributed by atoms with Crippen LogP contribution >= 0.6 is 0 Å². The molecule has 0 unspecified atom stereocenters. The molecule has 1 atom stereocenters. The second kappa shape index (κ2) is 6.74. The number of hydrogen-bond donors (Lipinski definition) is 2. The van der Waals surface area contributed by atoms with Crippen molar-refractivity contribution in [3.8, 4) is 0 Å². The Hall–Kier alpha value is -2.57. The summed E-state index contributed by atoms with van der Waals surface area (Å²) in [6, 6.07) is 1.57. The summed E-state index contributed by atoms with van der Waals surface area (Å²) in [7, 11) is 0. The maximum Gasteiger partial charge on any atom is 0.254 e. The van der Waals surface area contributed by atoms with E-state index in [9.17, 15) is 14.0 Å². The number of carbonyl (C=O) groups is 2. The van der Waals surface area contributed by atoms with Gasteiger partial charge in [0.15, 0.2) is 0 Å². The third-order valence-electron chi connectivity index (χ3n) is 3.63. The zero-order valence-electron chi connectivity index (χ0n) is 15.3. The van der Waals surface area contributed by atoms with Gasteiger partial charge >= 0.3 is 0 Å². The molecule has 0 aliphatic carbocycles. The normalized spacial score (nSPS) is 12.8. The van der Waals surface area contributed by atoms with Crippen LogP contribution in [0.2, 0.25) is 0 Å². The minimum absolute atomic E-state index is 0.0565. The largest absolute Gasteiger partial charge is 0.350 e. The molecule has 0 spiro atoms. The summed E-state index contributed by atoms with van der Waals surface area (Å²) >= 11 is 0. The van der Waals surface area contributed by atoms with Crippen molar-refractivity contribution in [2.24, 2.45) is 0 Å². The van der Waals surface area contributed by atoms with Crippen molar-refractivity contribution in [2.45, 2.75) is 53.1 Å². The summed E-state index contributed by atoms with van der Waals surface area (Å²) in [5, 5.41) is 5.37. The highest BCUT2D eigenvalue weighted by molar-refractivity contribution is 6.06. The molecule has 134 valence electrons. The van der Waals surface area contributed by atoms with Crippen LogP contribution in [-0.4, -0.2) is 33.4 Å². The van der Waals surface area contributed by atoms with Crippen LogP contribution in [-0.2, 0) is 4.79 Å². The number of amides is 2. The van der Waals surface area contributed by atoms with Crippen LogP contribution < -0.4 is 10.6 Å². The summed E-state index contributed by atoms with van der Waals surface area (Å²) in [6.45, 7) is 10.7. The van der Waals surface area contributed by atoms with Gasteiger partial charge in [0.2, 0.25) is 5.91 Å². The first-order valence-electron chi connectivity index (χ1n) is 8.05. The number of carbonyl (C=O) groups excluding carboxylic acids is 2. The monoisotopic (exact) mass is 346 g/mol. The van der Waals surface area contributed by atoms with E-state index in [2.05, 4.69) is 20.6 Å². The van der Waals surface area contributed by atoms with Crippen LogP contribution in [0.5, 0.6) is 0 Å². The molecule has 0 saturated heterocycles. The molecule has 25 heavy (non-hydrogen) atoms. The van der Waals surface area contributed by atoms with E-state index in [1.807, 2.05) is 20.8 Å². The molecule has 0 fully saturated rings. The van der Waals surface area contributed by atoms with Gasteiger partial charge in [0.1, 0.15) is 17.4 Å². The average Bonchev–Trinajstić information content (AvgIpc) is 2.46. The summed E-state index contributed by atoms with van der Waals surface area (Å²) in [5.74, 6) is -1.47. The van der Waals surface area contributed by atoms with Gasteiger partial charge < -0.3 is 10.6 Å². The minimum Gasteiger partial charge on any atom is -0.350 e. The van der Waals surface area contributed by atoms with Gasteiger partial charge in [-0.3, -0.25) is 9.59 Å². The van der Waals surface area contributed by atoms with Gasteiger partial charge in [0.25, 0.3) is 5.91 Å². The summed E-state index contributed by atoms with van der Waals surface area (Å²) in [5.41, 5.74) is 1.59. The van der Waals surface area contributed by atoms with Crippen molar-refractivity contribution in [3.05, 3.63) is 34.9 Å². The molecule has 6 nitrogen and oxygen atoms in total. The first-order valence-corrected chi connectivity index (χ1v) is 8.05. The Labute approximate surface area is 146 Å². The van der Waals surface area contributed by atoms with Crippen molar-refractivity contribution < 1.29 is 14.0 Å². The Morgan fingerprint density at radius 3 is 2.32 bits per heavy atom. The molecule has 2 rings (SSSR count). The van der Waals surface area contributed by atoms with Gasteiger partial charge in [0, 0.05) is 11.6 Å². The summed E-state index contributed by atoms with van der Waals surface area (Å²) in [6.07, 6.45) is 0. The molecule has 0 saturated carbocycles. The van der Waals surface area contributed by atoms with Crippen LogP contribution in [0, 0.1) is 19.7 Å². The summed E-state index contributed by atoms with van der Waals surface area (Å²) < 4.78 is 13.9. The average molecular weight is 346 g/mol. The van der Waals surface area contributed by atoms with Gasteiger partial charge in [-0.05, 0) is 47.6 Å². The highest BCUT2D eigenvalue weighted by Gasteiger charge is 2.23. The zero-order chi connectivity index (χ0) is 18.9. The molecular weight excluding hydrogens is 323 g/mol. The van der Waals surface area contributed by atoms with Crippen molar-refractivity contribution in [1.29, 1.82) is 0 Å². The standard InChI is InChI=1S/C18H23FN4O2/c1-9-10(2)21-15-13(7-12(19)8-14(15)20-9)17(25)22-11(3)16(24)23-18(4,5)6/h7-8,11H,1-6H3,(H,22,25)(H,23,24)/t11-/m1/s1. The number of nitrogens with zero attached hydrogens (tertiary/aromatic N) is 2. The Bertz CT molecular complexity index is 843. The van der Waals surface area contributed by atoms with Gasteiger partial charge in [-0.25, -0.2) is 14.4 Å². The molecule has 0 bridgehead atoms. The van der Waals surface area contributed by atoms with Crippen molar-refractivity contribution >= 4 is 22.8 Å². The van der Waals surface area contributed by atoms with E-state index in [0.717, 1.165) is 6.07 Å². The number of aryl methyl sites for hydroxylation is 2. The lowest BCUT2D eigenvalue weighted by Crippen LogP contribution is -2.50. The number of rotatable bonds is 3. The molecular formula is C18H23FN4O2. The van der Waals surface area contributed by atoms with Gasteiger partial charge in [-0.1, -0.05) is 0 Å². The lowest BCUT2D eigenvalue weighted by Gasteiger charge is -2.23. The third kappa shape index (κ3) is 4.49. The van der Waals surface area contributed by atoms with E-state index in [4.69, 9.17) is 0 Å². The molecule has 1 aromatic heterocycles. The van der Waals surface area contributed by atoms with Crippen LogP contribution in [0.4, 0.5) is 4.39 Å². The van der Waals surface area contributed by atoms with Crippen LogP contribution in [0.3, 0.4) is 0 Å². The Kier molecular flexibility index (Phi) is 5.06. The molecule has 0 aliphatic rings. The number of fused-ring (bicyclic) bond motifs is 1. The number of aromatic nitrogens is 2. The van der Waals surface area contributed by atoms with Crippen LogP contribution in [0.15, 0.2) is 12.1 Å². The topological polar surface area (TPSA) is 84.0 Å². The van der Waals surface area contributed by atoms with E-state index in [0.29, 0.717) is 22.4 Å². The maximum absolute atomic E-state index is 13.9. The van der Waals surface area contributed by atoms with Crippen molar-refractivity contribution in [3.63, 3.8) is 0 Å². The minimum atomic E-state index is -0.774. The molecule has 2 aromatic rings. The van der Waals surface area contributed by atoms with E-state index >= 15 is 0 Å². The lowest BCUT2D eigenvalue weighted by molar-refractivity contribution is -0.124. The molecule has 1 heterocycles. The van der Waals surface area contributed by atoms with Crippen molar-refractivity contribution in [2.75, 3.05) is 0 Å². The Balaban J connectivity index is 2.33. The number of benzene rings is 1. The molecule has 0 aliphatic heterocycles. The van der Waals surface area contributed by atoms with Gasteiger partial charge in [-0.15, -0.1) is 0 Å². The van der Waals surface area contributed by atoms with E-state index in [-0.39, 0.29) is 11.5 Å². The quantitative estimate of drug-likeness (QED) is 0.894. The first-order chi connectivity index (χ1) is 11.5. The SMILES string of the molecule is Cc1nc2cc(F)cc(C(=O)N[C@H](C)C(=O)NC(C)(C)C)c2nc1C. The van der Waals surface area contributed by atoms with Gasteiger partial charge in [-0.2, -0.15) is 0 Å². The van der Waals surface area contributed by atoms with E-state index < -0.39 is 23.3 Å². The molecule has 0 radical (unpaired) electrons. The highest BCUT2D eigenvalue weighted by atomic mass is 19.1. The smallest absolute Gasteiger partial charge is 0.254 e. The van der Waals surface area contributed by atoms with Gasteiger partial charge in [0.05, 0.1) is 22.5 Å². The Morgan fingerprint density at radius 2 is 1.72 bits per heavy atom. The molecule has 2 N–H and O–H groups in total. The zero-order valence-corrected chi connectivity index (χ0v) is 15.3. The molecule has 1 aromatic carbocycles. The lowest BCUT2D eigenvalue weighted by atomic mass is 10.1. The fraction of sp³-hybridized carbons (Fsp3) is 0.444. The third-order valence-corrected chi connectivity index (χ3v) is 3.63. The molecule has 7 heteroatoms.